The summed E-state index contributed by atoms with van der Waals surface area (Å²) in [4.78, 5) is 29.6. The molecule has 0 bridgehead atoms. The summed E-state index contributed by atoms with van der Waals surface area (Å²) in [6.45, 7) is 8.84. The van der Waals surface area contributed by atoms with E-state index in [9.17, 15) is 9.59 Å². The topological polar surface area (TPSA) is 69.9 Å². The van der Waals surface area contributed by atoms with E-state index in [0.717, 1.165) is 64.5 Å². The third kappa shape index (κ3) is 4.81. The van der Waals surface area contributed by atoms with E-state index < -0.39 is 5.97 Å². The molecule has 6 heteroatoms. The molecule has 1 saturated heterocycles. The van der Waals surface area contributed by atoms with Crippen LogP contribution in [0.15, 0.2) is 59.8 Å². The minimum Gasteiger partial charge on any atom is -0.374 e. The van der Waals surface area contributed by atoms with E-state index in [1.807, 2.05) is 56.3 Å². The lowest BCUT2D eigenvalue weighted by Crippen LogP contribution is -2.12. The summed E-state index contributed by atoms with van der Waals surface area (Å²) in [7, 11) is 0. The van der Waals surface area contributed by atoms with Crippen molar-refractivity contribution in [3.8, 4) is 0 Å². The molecule has 2 heterocycles. The highest BCUT2D eigenvalue weighted by Crippen LogP contribution is 2.33. The van der Waals surface area contributed by atoms with Crippen LogP contribution in [-0.4, -0.2) is 28.6 Å². The molecule has 0 radical (unpaired) electrons. The Bertz CT molecular complexity index is 1540. The van der Waals surface area contributed by atoms with Crippen molar-refractivity contribution in [1.29, 1.82) is 0 Å². The molecule has 0 N–H and O–H groups in total. The molecule has 1 atom stereocenters. The fourth-order valence-corrected chi connectivity index (χ4v) is 5.30. The van der Waals surface area contributed by atoms with Crippen molar-refractivity contribution in [2.75, 3.05) is 6.61 Å². The highest BCUT2D eigenvalue weighted by atomic mass is 16.7. The molecule has 190 valence electrons. The van der Waals surface area contributed by atoms with Crippen molar-refractivity contribution in [3.05, 3.63) is 82.4 Å². The van der Waals surface area contributed by atoms with Crippen LogP contribution >= 0.6 is 0 Å². The van der Waals surface area contributed by atoms with Crippen LogP contribution in [-0.2, 0) is 20.9 Å². The van der Waals surface area contributed by atoms with Crippen LogP contribution in [0.3, 0.4) is 0 Å². The summed E-state index contributed by atoms with van der Waals surface area (Å²) >= 11 is 0. The largest absolute Gasteiger partial charge is 0.374 e. The summed E-state index contributed by atoms with van der Waals surface area (Å²) in [6, 6.07) is 18.1. The van der Waals surface area contributed by atoms with Gasteiger partial charge in [-0.3, -0.25) is 4.79 Å². The summed E-state index contributed by atoms with van der Waals surface area (Å²) in [5.74, 6) is -0.447. The number of carbonyl (C=O) groups is 2. The van der Waals surface area contributed by atoms with E-state index in [2.05, 4.69) is 28.8 Å². The first kappa shape index (κ1) is 24.9. The van der Waals surface area contributed by atoms with E-state index in [-0.39, 0.29) is 11.9 Å². The third-order valence-electron chi connectivity index (χ3n) is 7.22. The number of aromatic nitrogens is 1. The Balaban J connectivity index is 1.54. The second-order valence-electron chi connectivity index (χ2n) is 9.73. The number of ether oxygens (including phenoxy) is 1. The van der Waals surface area contributed by atoms with Gasteiger partial charge < -0.3 is 14.1 Å². The number of aryl methyl sites for hydroxylation is 2. The van der Waals surface area contributed by atoms with Gasteiger partial charge in [0, 0.05) is 53.0 Å². The SMILES string of the molecule is CCn1c2ccc(C(=O)c3ccc(C4CCCCO4)cc3C)cc2c2cc(C(C)=NOC(C)=O)ccc21. The van der Waals surface area contributed by atoms with Crippen LogP contribution in [0.5, 0.6) is 0 Å². The number of nitrogens with zero attached hydrogens (tertiary/aromatic N) is 2. The number of hydrogen-bond acceptors (Lipinski definition) is 5. The maximum absolute atomic E-state index is 13.6. The maximum Gasteiger partial charge on any atom is 0.331 e. The fraction of sp³-hybridized carbons (Fsp3) is 0.323. The van der Waals surface area contributed by atoms with Crippen LogP contribution in [0.4, 0.5) is 0 Å². The standard InChI is InChI=1S/C31H32N2O4/c1-5-33-28-13-10-22(20(3)32-37-21(4)34)17-26(28)27-18-24(11-14-29(27)33)31(35)25-12-9-23(16-19(25)2)30-8-6-7-15-36-30/h9-14,16-18,30H,5-8,15H2,1-4H3. The summed E-state index contributed by atoms with van der Waals surface area (Å²) in [5.41, 5.74) is 7.10. The minimum atomic E-state index is -0.458. The predicted molar refractivity (Wildman–Crippen MR) is 146 cm³/mol. The molecule has 4 aromatic rings. The van der Waals surface area contributed by atoms with Crippen LogP contribution in [0.2, 0.25) is 0 Å². The van der Waals surface area contributed by atoms with Gasteiger partial charge >= 0.3 is 5.97 Å². The molecule has 1 fully saturated rings. The first-order valence-electron chi connectivity index (χ1n) is 12.9. The van der Waals surface area contributed by atoms with Gasteiger partial charge in [-0.25, -0.2) is 4.79 Å². The lowest BCUT2D eigenvalue weighted by molar-refractivity contribution is -0.140. The lowest BCUT2D eigenvalue weighted by atomic mass is 9.93. The van der Waals surface area contributed by atoms with Gasteiger partial charge in [0.15, 0.2) is 5.78 Å². The molecule has 1 aliphatic rings. The Hall–Kier alpha value is -3.77. The number of hydrogen-bond donors (Lipinski definition) is 0. The normalized spacial score (nSPS) is 16.3. The monoisotopic (exact) mass is 496 g/mol. The molecule has 1 unspecified atom stereocenters. The van der Waals surface area contributed by atoms with Gasteiger partial charge in [-0.15, -0.1) is 0 Å². The van der Waals surface area contributed by atoms with Gasteiger partial charge in [0.1, 0.15) is 0 Å². The van der Waals surface area contributed by atoms with Crippen molar-refractivity contribution >= 4 is 39.3 Å². The minimum absolute atomic E-state index is 0.0108. The van der Waals surface area contributed by atoms with Crippen LogP contribution in [0.25, 0.3) is 21.8 Å². The Labute approximate surface area is 216 Å². The number of benzene rings is 3. The Morgan fingerprint density at radius 3 is 2.30 bits per heavy atom. The molecule has 37 heavy (non-hydrogen) atoms. The second kappa shape index (κ2) is 10.3. The molecule has 0 amide bonds. The quantitative estimate of drug-likeness (QED) is 0.126. The van der Waals surface area contributed by atoms with E-state index in [0.29, 0.717) is 16.8 Å². The van der Waals surface area contributed by atoms with E-state index in [1.165, 1.54) is 13.3 Å². The van der Waals surface area contributed by atoms with Gasteiger partial charge in [0.25, 0.3) is 0 Å². The highest BCUT2D eigenvalue weighted by molar-refractivity contribution is 6.16. The van der Waals surface area contributed by atoms with E-state index in [1.54, 1.807) is 0 Å². The van der Waals surface area contributed by atoms with Crippen molar-refractivity contribution in [3.63, 3.8) is 0 Å². The maximum atomic E-state index is 13.6. The van der Waals surface area contributed by atoms with Crippen LogP contribution in [0, 0.1) is 6.92 Å². The van der Waals surface area contributed by atoms with Crippen molar-refractivity contribution in [2.45, 2.75) is 59.6 Å². The zero-order valence-corrected chi connectivity index (χ0v) is 21.8. The van der Waals surface area contributed by atoms with Crippen LogP contribution in [0.1, 0.15) is 78.7 Å². The first-order chi connectivity index (χ1) is 17.9. The van der Waals surface area contributed by atoms with Crippen LogP contribution < -0.4 is 0 Å². The molecule has 0 saturated carbocycles. The van der Waals surface area contributed by atoms with Gasteiger partial charge in [-0.2, -0.15) is 0 Å². The average Bonchev–Trinajstić information content (AvgIpc) is 3.23. The number of carbonyl (C=O) groups excluding carboxylic acids is 2. The van der Waals surface area contributed by atoms with Crippen molar-refractivity contribution < 1.29 is 19.2 Å². The van der Waals surface area contributed by atoms with Crippen molar-refractivity contribution in [1.82, 2.24) is 4.57 Å². The fourth-order valence-electron chi connectivity index (χ4n) is 5.30. The molecular formula is C31H32N2O4. The second-order valence-corrected chi connectivity index (χ2v) is 9.73. The summed E-state index contributed by atoms with van der Waals surface area (Å²) < 4.78 is 8.18. The zero-order chi connectivity index (χ0) is 26.1. The third-order valence-corrected chi connectivity index (χ3v) is 7.22. The smallest absolute Gasteiger partial charge is 0.331 e. The Morgan fingerprint density at radius 2 is 1.68 bits per heavy atom. The van der Waals surface area contributed by atoms with Gasteiger partial charge in [0.05, 0.1) is 11.8 Å². The van der Waals surface area contributed by atoms with Gasteiger partial charge in [-0.1, -0.05) is 29.4 Å². The first-order valence-corrected chi connectivity index (χ1v) is 12.9. The molecule has 1 aromatic heterocycles. The number of rotatable bonds is 6. The number of oxime groups is 1. The molecule has 1 aliphatic heterocycles. The molecule has 6 nitrogen and oxygen atoms in total. The summed E-state index contributed by atoms with van der Waals surface area (Å²) in [5, 5.41) is 5.98. The lowest BCUT2D eigenvalue weighted by Gasteiger charge is -2.23. The highest BCUT2D eigenvalue weighted by Gasteiger charge is 2.20. The van der Waals surface area contributed by atoms with Crippen molar-refractivity contribution in [2.24, 2.45) is 5.16 Å². The Morgan fingerprint density at radius 1 is 0.973 bits per heavy atom. The predicted octanol–water partition coefficient (Wildman–Crippen LogP) is 6.88. The zero-order valence-electron chi connectivity index (χ0n) is 21.8. The van der Waals surface area contributed by atoms with Gasteiger partial charge in [-0.05, 0) is 87.1 Å². The van der Waals surface area contributed by atoms with E-state index >= 15 is 0 Å². The molecule has 3 aromatic carbocycles. The molecule has 5 rings (SSSR count). The van der Waals surface area contributed by atoms with Gasteiger partial charge in [0.2, 0.25) is 0 Å². The van der Waals surface area contributed by atoms with E-state index in [4.69, 9.17) is 9.57 Å². The Kier molecular flexibility index (Phi) is 6.94. The summed E-state index contributed by atoms with van der Waals surface area (Å²) in [6.07, 6.45) is 3.43. The molecule has 0 spiro atoms. The number of fused-ring (bicyclic) bond motifs is 3. The average molecular weight is 497 g/mol. The molecule has 0 aliphatic carbocycles. The molecular weight excluding hydrogens is 464 g/mol. The number of ketones is 1.